The third-order valence-corrected chi connectivity index (χ3v) is 6.12. The van der Waals surface area contributed by atoms with Crippen LogP contribution in [0.1, 0.15) is 44.4 Å². The maximum absolute atomic E-state index is 13.2. The van der Waals surface area contributed by atoms with Crippen molar-refractivity contribution in [3.05, 3.63) is 65.2 Å². The molecule has 182 valence electrons. The summed E-state index contributed by atoms with van der Waals surface area (Å²) in [6, 6.07) is 13.5. The Morgan fingerprint density at radius 2 is 1.59 bits per heavy atom. The van der Waals surface area contributed by atoms with Crippen LogP contribution >= 0.6 is 0 Å². The minimum Gasteiger partial charge on any atom is -0.507 e. The van der Waals surface area contributed by atoms with E-state index in [1.54, 1.807) is 36.3 Å². The molecule has 0 saturated carbocycles. The molecule has 7 nitrogen and oxygen atoms in total. The van der Waals surface area contributed by atoms with Crippen LogP contribution < -0.4 is 9.47 Å². The molecule has 1 heterocycles. The van der Waals surface area contributed by atoms with Gasteiger partial charge in [-0.1, -0.05) is 32.9 Å². The van der Waals surface area contributed by atoms with Gasteiger partial charge in [0.15, 0.2) is 0 Å². The lowest BCUT2D eigenvalue weighted by molar-refractivity contribution is -0.140. The van der Waals surface area contributed by atoms with Gasteiger partial charge in [0.1, 0.15) is 17.3 Å². The third kappa shape index (κ3) is 5.42. The van der Waals surface area contributed by atoms with Crippen molar-refractivity contribution < 1.29 is 24.2 Å². The Balaban J connectivity index is 2.04. The van der Waals surface area contributed by atoms with Crippen LogP contribution in [0.3, 0.4) is 0 Å². The van der Waals surface area contributed by atoms with E-state index in [9.17, 15) is 14.7 Å². The van der Waals surface area contributed by atoms with Crippen molar-refractivity contribution in [3.8, 4) is 11.5 Å². The number of nitrogens with zero attached hydrogens (tertiary/aromatic N) is 2. The average molecular weight is 467 g/mol. The Kier molecular flexibility index (Phi) is 8.71. The summed E-state index contributed by atoms with van der Waals surface area (Å²) in [7, 11) is 1.56. The summed E-state index contributed by atoms with van der Waals surface area (Å²) in [5, 5.41) is 11.2. The highest BCUT2D eigenvalue weighted by atomic mass is 16.5. The number of ketones is 1. The number of methoxy groups -OCH3 is 1. The number of carbonyl (C=O) groups excluding carboxylic acids is 2. The van der Waals surface area contributed by atoms with E-state index in [1.807, 2.05) is 31.2 Å². The van der Waals surface area contributed by atoms with Gasteiger partial charge < -0.3 is 24.4 Å². The van der Waals surface area contributed by atoms with Crippen molar-refractivity contribution >= 4 is 17.4 Å². The van der Waals surface area contributed by atoms with Crippen molar-refractivity contribution in [2.45, 2.75) is 33.2 Å². The van der Waals surface area contributed by atoms with E-state index < -0.39 is 17.7 Å². The molecule has 0 aliphatic carbocycles. The predicted molar refractivity (Wildman–Crippen MR) is 132 cm³/mol. The second-order valence-corrected chi connectivity index (χ2v) is 8.17. The normalized spacial score (nSPS) is 17.4. The standard InChI is InChI=1S/C27H34N2O5/c1-5-18-34-22-14-8-19(9-15-22)24-23(25(30)20-10-12-21(33-4)13-11-20)26(31)27(32)29(24)17-16-28(6-2)7-3/h8-15,24,30H,5-7,16-18H2,1-4H3/t24-/m0/s1. The lowest BCUT2D eigenvalue weighted by Gasteiger charge is -2.28. The molecule has 2 aromatic carbocycles. The third-order valence-electron chi connectivity index (χ3n) is 6.12. The van der Waals surface area contributed by atoms with Crippen LogP contribution in [0.15, 0.2) is 54.1 Å². The molecule has 1 fully saturated rings. The van der Waals surface area contributed by atoms with Crippen molar-refractivity contribution in [2.24, 2.45) is 0 Å². The Hall–Kier alpha value is -3.32. The first-order valence-corrected chi connectivity index (χ1v) is 11.8. The highest BCUT2D eigenvalue weighted by Crippen LogP contribution is 2.39. The summed E-state index contributed by atoms with van der Waals surface area (Å²) in [6.45, 7) is 9.49. The number of benzene rings is 2. The summed E-state index contributed by atoms with van der Waals surface area (Å²) >= 11 is 0. The van der Waals surface area contributed by atoms with Gasteiger partial charge in [-0.3, -0.25) is 9.59 Å². The summed E-state index contributed by atoms with van der Waals surface area (Å²) in [4.78, 5) is 30.0. The number of Topliss-reactive ketones (excluding diaryl/α,β-unsaturated/α-hetero) is 1. The summed E-state index contributed by atoms with van der Waals surface area (Å²) in [5.41, 5.74) is 1.30. The molecule has 1 amide bonds. The van der Waals surface area contributed by atoms with E-state index >= 15 is 0 Å². The van der Waals surface area contributed by atoms with E-state index in [2.05, 4.69) is 18.7 Å². The van der Waals surface area contributed by atoms with E-state index in [0.29, 0.717) is 31.0 Å². The van der Waals surface area contributed by atoms with Crippen LogP contribution in [0.5, 0.6) is 11.5 Å². The van der Waals surface area contributed by atoms with Crippen LogP contribution in [0, 0.1) is 0 Å². The Bertz CT molecular complexity index is 1010. The predicted octanol–water partition coefficient (Wildman–Crippen LogP) is 4.25. The average Bonchev–Trinajstić information content (AvgIpc) is 3.13. The molecule has 1 atom stereocenters. The van der Waals surface area contributed by atoms with Crippen molar-refractivity contribution in [3.63, 3.8) is 0 Å². The molecule has 0 radical (unpaired) electrons. The molecule has 3 rings (SSSR count). The largest absolute Gasteiger partial charge is 0.507 e. The van der Waals surface area contributed by atoms with Crippen LogP contribution in [0.4, 0.5) is 0 Å². The second kappa shape index (κ2) is 11.7. The molecule has 1 N–H and O–H groups in total. The van der Waals surface area contributed by atoms with Crippen LogP contribution in [-0.2, 0) is 9.59 Å². The minimum atomic E-state index is -0.683. The van der Waals surface area contributed by atoms with Gasteiger partial charge in [0, 0.05) is 18.7 Å². The van der Waals surface area contributed by atoms with E-state index in [-0.39, 0.29) is 11.3 Å². The molecular formula is C27H34N2O5. The number of amides is 1. The number of likely N-dealkylation sites (N-methyl/N-ethyl adjacent to an activating group) is 1. The van der Waals surface area contributed by atoms with E-state index in [4.69, 9.17) is 9.47 Å². The fraction of sp³-hybridized carbons (Fsp3) is 0.407. The molecule has 1 saturated heterocycles. The van der Waals surface area contributed by atoms with Crippen molar-refractivity contribution in [1.29, 1.82) is 0 Å². The topological polar surface area (TPSA) is 79.3 Å². The second-order valence-electron chi connectivity index (χ2n) is 8.17. The summed E-state index contributed by atoms with van der Waals surface area (Å²) in [5.74, 6) is -0.110. The van der Waals surface area contributed by atoms with Gasteiger partial charge in [-0.25, -0.2) is 0 Å². The highest BCUT2D eigenvalue weighted by Gasteiger charge is 2.45. The molecule has 7 heteroatoms. The molecule has 34 heavy (non-hydrogen) atoms. The molecule has 2 aromatic rings. The molecule has 1 aliphatic rings. The highest BCUT2D eigenvalue weighted by molar-refractivity contribution is 6.46. The minimum absolute atomic E-state index is 0.0944. The molecule has 0 aromatic heterocycles. The van der Waals surface area contributed by atoms with E-state index in [0.717, 1.165) is 30.8 Å². The summed E-state index contributed by atoms with van der Waals surface area (Å²) < 4.78 is 10.9. The van der Waals surface area contributed by atoms with Crippen molar-refractivity contribution in [2.75, 3.05) is 39.9 Å². The van der Waals surface area contributed by atoms with Gasteiger partial charge in [-0.2, -0.15) is 0 Å². The van der Waals surface area contributed by atoms with Gasteiger partial charge in [0.05, 0.1) is 25.3 Å². The zero-order valence-corrected chi connectivity index (χ0v) is 20.4. The maximum Gasteiger partial charge on any atom is 0.295 e. The zero-order chi connectivity index (χ0) is 24.7. The van der Waals surface area contributed by atoms with Crippen LogP contribution in [-0.4, -0.2) is 66.5 Å². The van der Waals surface area contributed by atoms with Crippen LogP contribution in [0.25, 0.3) is 5.76 Å². The number of carbonyl (C=O) groups is 2. The molecule has 0 spiro atoms. The molecular weight excluding hydrogens is 432 g/mol. The number of hydrogen-bond acceptors (Lipinski definition) is 6. The van der Waals surface area contributed by atoms with E-state index in [1.165, 1.54) is 0 Å². The zero-order valence-electron chi connectivity index (χ0n) is 20.4. The Morgan fingerprint density at radius 3 is 2.15 bits per heavy atom. The SMILES string of the molecule is CCCOc1ccc([C@H]2C(=C(O)c3ccc(OC)cc3)C(=O)C(=O)N2CCN(CC)CC)cc1. The number of hydrogen-bond donors (Lipinski definition) is 1. The van der Waals surface area contributed by atoms with Gasteiger partial charge in [-0.15, -0.1) is 0 Å². The monoisotopic (exact) mass is 466 g/mol. The fourth-order valence-corrected chi connectivity index (χ4v) is 4.12. The Labute approximate surface area is 201 Å². The first-order chi connectivity index (χ1) is 16.4. The first-order valence-electron chi connectivity index (χ1n) is 11.8. The number of ether oxygens (including phenoxy) is 2. The Morgan fingerprint density at radius 1 is 0.971 bits per heavy atom. The lowest BCUT2D eigenvalue weighted by atomic mass is 9.95. The number of aliphatic hydroxyl groups is 1. The summed E-state index contributed by atoms with van der Waals surface area (Å²) in [6.07, 6.45) is 0.898. The van der Waals surface area contributed by atoms with Crippen LogP contribution in [0.2, 0.25) is 0 Å². The number of likely N-dealkylation sites (tertiary alicyclic amines) is 1. The smallest absolute Gasteiger partial charge is 0.295 e. The molecule has 0 bridgehead atoms. The van der Waals surface area contributed by atoms with Gasteiger partial charge in [0.25, 0.3) is 11.7 Å². The quantitative estimate of drug-likeness (QED) is 0.303. The number of aliphatic hydroxyl groups excluding tert-OH is 1. The molecule has 0 unspecified atom stereocenters. The first kappa shape index (κ1) is 25.3. The molecule has 1 aliphatic heterocycles. The fourth-order valence-electron chi connectivity index (χ4n) is 4.12. The number of rotatable bonds is 11. The van der Waals surface area contributed by atoms with Crippen molar-refractivity contribution in [1.82, 2.24) is 9.80 Å². The van der Waals surface area contributed by atoms with Gasteiger partial charge >= 0.3 is 0 Å². The van der Waals surface area contributed by atoms with Gasteiger partial charge in [0.2, 0.25) is 0 Å². The lowest BCUT2D eigenvalue weighted by Crippen LogP contribution is -2.38. The maximum atomic E-state index is 13.2. The van der Waals surface area contributed by atoms with Gasteiger partial charge in [-0.05, 0) is 61.5 Å².